The van der Waals surface area contributed by atoms with Crippen molar-refractivity contribution in [1.29, 1.82) is 0 Å². The number of carbonyl (C=O) groups is 1. The largest absolute Gasteiger partial charge is 0.396 e. The second-order valence-electron chi connectivity index (χ2n) is 5.52. The number of rotatable bonds is 9. The molecule has 0 radical (unpaired) electrons. The zero-order valence-corrected chi connectivity index (χ0v) is 16.4. The molecule has 0 spiro atoms. The number of hydrogen-bond donors (Lipinski definition) is 2. The fourth-order valence-electron chi connectivity index (χ4n) is 2.17. The Labute approximate surface area is 161 Å². The minimum Gasteiger partial charge on any atom is -0.396 e. The maximum absolute atomic E-state index is 11.6. The molecule has 0 saturated heterocycles. The van der Waals surface area contributed by atoms with E-state index in [1.165, 1.54) is 0 Å². The van der Waals surface area contributed by atoms with Crippen LogP contribution >= 0.6 is 21.6 Å². The Morgan fingerprint density at radius 3 is 2.69 bits per heavy atom. The number of aliphatic hydroxyl groups excluding tert-OH is 1. The summed E-state index contributed by atoms with van der Waals surface area (Å²) in [5, 5.41) is 9.40. The van der Waals surface area contributed by atoms with Crippen molar-refractivity contribution >= 4 is 33.8 Å². The molecule has 0 atom stereocenters. The summed E-state index contributed by atoms with van der Waals surface area (Å²) < 4.78 is 0. The molecule has 26 heavy (non-hydrogen) atoms. The van der Waals surface area contributed by atoms with Gasteiger partial charge in [0, 0.05) is 40.3 Å². The van der Waals surface area contributed by atoms with Crippen molar-refractivity contribution in [3.63, 3.8) is 0 Å². The van der Waals surface area contributed by atoms with Gasteiger partial charge in [-0.05, 0) is 26.0 Å². The number of aryl methyl sites for hydroxylation is 1. The van der Waals surface area contributed by atoms with E-state index < -0.39 is 0 Å². The Bertz CT molecular complexity index is 769. The van der Waals surface area contributed by atoms with Crippen LogP contribution in [0.2, 0.25) is 0 Å². The van der Waals surface area contributed by atoms with Crippen molar-refractivity contribution in [1.82, 2.24) is 14.9 Å². The van der Waals surface area contributed by atoms with Gasteiger partial charge in [-0.3, -0.25) is 4.79 Å². The second kappa shape index (κ2) is 10.2. The Morgan fingerprint density at radius 2 is 2.08 bits per heavy atom. The van der Waals surface area contributed by atoms with Crippen LogP contribution in [-0.4, -0.2) is 33.0 Å². The van der Waals surface area contributed by atoms with Crippen molar-refractivity contribution in [2.24, 2.45) is 0 Å². The van der Waals surface area contributed by atoms with Gasteiger partial charge in [-0.1, -0.05) is 39.8 Å². The first kappa shape index (κ1) is 20.3. The first-order chi connectivity index (χ1) is 12.5. The van der Waals surface area contributed by atoms with E-state index in [9.17, 15) is 9.90 Å². The average Bonchev–Trinajstić information content (AvgIpc) is 2.65. The van der Waals surface area contributed by atoms with Crippen LogP contribution < -0.4 is 5.73 Å². The first-order valence-corrected chi connectivity index (χ1v) is 10.2. The number of aliphatic hydroxyl groups is 1. The first-order valence-electron chi connectivity index (χ1n) is 8.05. The number of carbonyl (C=O) groups excluding carboxylic acids is 1. The van der Waals surface area contributed by atoms with Crippen molar-refractivity contribution in [2.45, 2.75) is 31.7 Å². The number of hydrogen-bond acceptors (Lipinski definition) is 7. The summed E-state index contributed by atoms with van der Waals surface area (Å²) in [6.07, 6.45) is 2.87. The van der Waals surface area contributed by atoms with Gasteiger partial charge < -0.3 is 15.7 Å². The highest BCUT2D eigenvalue weighted by atomic mass is 33.1. The molecular weight excluding hydrogens is 368 g/mol. The molecule has 3 N–H and O–H groups in total. The number of nitrogens with two attached hydrogens (primary N) is 1. The van der Waals surface area contributed by atoms with E-state index in [0.29, 0.717) is 23.6 Å². The number of allylic oxidation sites excluding steroid dienone is 1. The molecule has 0 unspecified atom stereocenters. The van der Waals surface area contributed by atoms with Gasteiger partial charge in [-0.25, -0.2) is 9.97 Å². The second-order valence-corrected chi connectivity index (χ2v) is 7.82. The summed E-state index contributed by atoms with van der Waals surface area (Å²) in [5.41, 5.74) is 7.40. The van der Waals surface area contributed by atoms with Crippen LogP contribution in [0.25, 0.3) is 0 Å². The predicted octanol–water partition coefficient (Wildman–Crippen LogP) is 3.38. The molecule has 1 heterocycles. The molecule has 138 valence electrons. The lowest BCUT2D eigenvalue weighted by Gasteiger charge is -2.22. The Hall–Kier alpha value is -2.03. The molecule has 8 heteroatoms. The van der Waals surface area contributed by atoms with E-state index in [0.717, 1.165) is 21.9 Å². The van der Waals surface area contributed by atoms with Crippen LogP contribution in [0.1, 0.15) is 24.7 Å². The fraction of sp³-hybridized carbons (Fsp3) is 0.278. The Balaban J connectivity index is 2.18. The van der Waals surface area contributed by atoms with Crippen LogP contribution in [0.3, 0.4) is 0 Å². The third-order valence-corrected chi connectivity index (χ3v) is 6.32. The summed E-state index contributed by atoms with van der Waals surface area (Å²) in [4.78, 5) is 23.5. The van der Waals surface area contributed by atoms with E-state index in [1.807, 2.05) is 37.3 Å². The van der Waals surface area contributed by atoms with Gasteiger partial charge in [0.25, 0.3) is 0 Å². The van der Waals surface area contributed by atoms with E-state index >= 15 is 0 Å². The minimum atomic E-state index is 0.0114. The van der Waals surface area contributed by atoms with Gasteiger partial charge in [0.15, 0.2) is 0 Å². The third kappa shape index (κ3) is 5.76. The van der Waals surface area contributed by atoms with Gasteiger partial charge in [-0.15, -0.1) is 0 Å². The van der Waals surface area contributed by atoms with Crippen molar-refractivity contribution in [2.75, 3.05) is 12.3 Å². The van der Waals surface area contributed by atoms with Gasteiger partial charge in [0.05, 0.1) is 6.54 Å². The molecule has 1 amide bonds. The van der Waals surface area contributed by atoms with Crippen LogP contribution in [0.15, 0.2) is 52.0 Å². The van der Waals surface area contributed by atoms with Crippen LogP contribution in [0.4, 0.5) is 5.82 Å². The number of anilines is 1. The molecule has 6 nitrogen and oxygen atoms in total. The molecule has 2 rings (SSSR count). The normalized spacial score (nSPS) is 11.8. The number of benzene rings is 1. The summed E-state index contributed by atoms with van der Waals surface area (Å²) in [5.74, 6) is 0.958. The van der Waals surface area contributed by atoms with Crippen molar-refractivity contribution in [3.8, 4) is 0 Å². The molecule has 1 aromatic heterocycles. The van der Waals surface area contributed by atoms with Crippen LogP contribution in [0.5, 0.6) is 0 Å². The SMILES string of the molecule is C/C(=C(\CCO)SSc1ccccc1)N(C=O)Cc1cnc(C)nc1N. The molecule has 0 fully saturated rings. The number of amides is 1. The molecule has 0 saturated carbocycles. The lowest BCUT2D eigenvalue weighted by Crippen LogP contribution is -2.21. The number of nitrogen functional groups attached to an aromatic ring is 1. The predicted molar refractivity (Wildman–Crippen MR) is 107 cm³/mol. The molecule has 0 aliphatic heterocycles. The van der Waals surface area contributed by atoms with Gasteiger partial charge >= 0.3 is 0 Å². The van der Waals surface area contributed by atoms with Crippen LogP contribution in [0, 0.1) is 6.92 Å². The molecule has 0 bridgehead atoms. The standard InChI is InChI=1S/C18H22N4O2S2/c1-13(17(8-9-23)26-25-16-6-4-3-5-7-16)22(12-24)11-15-10-20-14(2)21-18(15)19/h3-7,10,12,23H,8-9,11H2,1-2H3,(H2,19,20,21)/b17-13-. The smallest absolute Gasteiger partial charge is 0.214 e. The highest BCUT2D eigenvalue weighted by Crippen LogP contribution is 2.40. The number of nitrogens with zero attached hydrogens (tertiary/aromatic N) is 3. The van der Waals surface area contributed by atoms with E-state index in [-0.39, 0.29) is 13.2 Å². The molecule has 1 aromatic carbocycles. The van der Waals surface area contributed by atoms with E-state index in [2.05, 4.69) is 9.97 Å². The number of aromatic nitrogens is 2. The van der Waals surface area contributed by atoms with Crippen LogP contribution in [-0.2, 0) is 11.3 Å². The van der Waals surface area contributed by atoms with Gasteiger partial charge in [-0.2, -0.15) is 0 Å². The quantitative estimate of drug-likeness (QED) is 0.501. The third-order valence-electron chi connectivity index (χ3n) is 3.64. The van der Waals surface area contributed by atoms with Crippen molar-refractivity contribution in [3.05, 3.63) is 58.5 Å². The monoisotopic (exact) mass is 390 g/mol. The summed E-state index contributed by atoms with van der Waals surface area (Å²) in [6.45, 7) is 3.92. The topological polar surface area (TPSA) is 92.3 Å². The van der Waals surface area contributed by atoms with Gasteiger partial charge in [0.1, 0.15) is 11.6 Å². The fourth-order valence-corrected chi connectivity index (χ4v) is 4.58. The summed E-state index contributed by atoms with van der Waals surface area (Å²) in [7, 11) is 3.13. The summed E-state index contributed by atoms with van der Waals surface area (Å²) in [6, 6.07) is 9.95. The summed E-state index contributed by atoms with van der Waals surface area (Å²) >= 11 is 0. The Kier molecular flexibility index (Phi) is 7.96. The molecular formula is C18H22N4O2S2. The van der Waals surface area contributed by atoms with E-state index in [4.69, 9.17) is 5.73 Å². The van der Waals surface area contributed by atoms with Gasteiger partial charge in [0.2, 0.25) is 6.41 Å². The zero-order valence-electron chi connectivity index (χ0n) is 14.8. The van der Waals surface area contributed by atoms with E-state index in [1.54, 1.807) is 39.6 Å². The zero-order chi connectivity index (χ0) is 18.9. The molecule has 2 aromatic rings. The highest BCUT2D eigenvalue weighted by molar-refractivity contribution is 8.78. The molecule has 0 aliphatic rings. The highest BCUT2D eigenvalue weighted by Gasteiger charge is 2.14. The lowest BCUT2D eigenvalue weighted by atomic mass is 10.2. The average molecular weight is 391 g/mol. The molecule has 0 aliphatic carbocycles. The maximum atomic E-state index is 11.6. The van der Waals surface area contributed by atoms with Crippen molar-refractivity contribution < 1.29 is 9.90 Å². The maximum Gasteiger partial charge on any atom is 0.214 e. The Morgan fingerprint density at radius 1 is 1.35 bits per heavy atom. The minimum absolute atomic E-state index is 0.0114. The lowest BCUT2D eigenvalue weighted by molar-refractivity contribution is -0.116.